The van der Waals surface area contributed by atoms with Crippen molar-refractivity contribution in [2.45, 2.75) is 25.2 Å². The molecule has 0 aromatic heterocycles. The van der Waals surface area contributed by atoms with Crippen LogP contribution in [0, 0.1) is 0 Å². The third-order valence-electron chi connectivity index (χ3n) is 1.97. The summed E-state index contributed by atoms with van der Waals surface area (Å²) in [6.07, 6.45) is 1.23. The zero-order valence-electron chi connectivity index (χ0n) is 6.58. The average molecular weight is 145 g/mol. The van der Waals surface area contributed by atoms with E-state index in [0.29, 0.717) is 12.6 Å². The molecule has 1 heterocycles. The van der Waals surface area contributed by atoms with Crippen LogP contribution < -0.4 is 0 Å². The fourth-order valence-electron chi connectivity index (χ4n) is 1.23. The number of aliphatic hydroxyl groups excluding tert-OH is 1. The Bertz CT molecular complexity index is 106. The molecule has 0 aliphatic carbocycles. The lowest BCUT2D eigenvalue weighted by Crippen LogP contribution is -2.38. The molecule has 1 saturated heterocycles. The Morgan fingerprint density at radius 1 is 1.50 bits per heavy atom. The van der Waals surface area contributed by atoms with E-state index in [9.17, 15) is 0 Å². The second kappa shape index (κ2) is 3.32. The third kappa shape index (κ3) is 1.94. The summed E-state index contributed by atoms with van der Waals surface area (Å²) < 4.78 is 4.99. The molecule has 10 heavy (non-hydrogen) atoms. The first-order valence-corrected chi connectivity index (χ1v) is 3.66. The first-order valence-electron chi connectivity index (χ1n) is 3.66. The van der Waals surface area contributed by atoms with Gasteiger partial charge in [-0.1, -0.05) is 0 Å². The summed E-state index contributed by atoms with van der Waals surface area (Å²) in [7, 11) is 4.06. The molecule has 1 aliphatic rings. The molecule has 2 atom stereocenters. The number of hydrogen-bond acceptors (Lipinski definition) is 3. The minimum Gasteiger partial charge on any atom is -0.368 e. The monoisotopic (exact) mass is 145 g/mol. The molecule has 0 bridgehead atoms. The highest BCUT2D eigenvalue weighted by atomic mass is 16.6. The van der Waals surface area contributed by atoms with Gasteiger partial charge in [0.1, 0.15) is 0 Å². The van der Waals surface area contributed by atoms with Crippen LogP contribution in [0.1, 0.15) is 12.8 Å². The van der Waals surface area contributed by atoms with Crippen LogP contribution >= 0.6 is 0 Å². The van der Waals surface area contributed by atoms with Gasteiger partial charge in [0.2, 0.25) is 0 Å². The van der Waals surface area contributed by atoms with Crippen LogP contribution in [-0.2, 0) is 4.74 Å². The van der Waals surface area contributed by atoms with Gasteiger partial charge < -0.3 is 14.7 Å². The van der Waals surface area contributed by atoms with Crippen molar-refractivity contribution in [1.29, 1.82) is 0 Å². The number of rotatable bonds is 1. The molecule has 0 unspecified atom stereocenters. The average Bonchev–Trinajstić information content (AvgIpc) is 1.88. The standard InChI is InChI=1S/C7H15NO2/c1-8(2)6-3-4-10-7(9)5-6/h6-7,9H,3-5H2,1-2H3/t6-,7+/m0/s1. The summed E-state index contributed by atoms with van der Waals surface area (Å²) in [5, 5.41) is 9.08. The van der Waals surface area contributed by atoms with E-state index in [0.717, 1.165) is 12.8 Å². The van der Waals surface area contributed by atoms with Crippen LogP contribution in [0.4, 0.5) is 0 Å². The van der Waals surface area contributed by atoms with Gasteiger partial charge in [-0.15, -0.1) is 0 Å². The van der Waals surface area contributed by atoms with Gasteiger partial charge in [0, 0.05) is 12.5 Å². The molecule has 1 rings (SSSR count). The highest BCUT2D eigenvalue weighted by Gasteiger charge is 2.21. The van der Waals surface area contributed by atoms with Crippen molar-refractivity contribution in [3.8, 4) is 0 Å². The second-order valence-electron chi connectivity index (χ2n) is 2.97. The lowest BCUT2D eigenvalue weighted by Gasteiger charge is -2.30. The molecule has 0 aromatic rings. The minimum absolute atomic E-state index is 0.490. The van der Waals surface area contributed by atoms with Gasteiger partial charge in [0.25, 0.3) is 0 Å². The van der Waals surface area contributed by atoms with Gasteiger partial charge in [-0.3, -0.25) is 0 Å². The van der Waals surface area contributed by atoms with Crippen molar-refractivity contribution < 1.29 is 9.84 Å². The quantitative estimate of drug-likeness (QED) is 0.565. The number of hydrogen-bond donors (Lipinski definition) is 1. The Labute approximate surface area is 61.6 Å². The Morgan fingerprint density at radius 2 is 2.20 bits per heavy atom. The van der Waals surface area contributed by atoms with Gasteiger partial charge in [0.15, 0.2) is 6.29 Å². The van der Waals surface area contributed by atoms with Crippen LogP contribution in [0.25, 0.3) is 0 Å². The van der Waals surface area contributed by atoms with E-state index >= 15 is 0 Å². The van der Waals surface area contributed by atoms with E-state index < -0.39 is 6.29 Å². The number of nitrogens with zero attached hydrogens (tertiary/aromatic N) is 1. The molecule has 3 nitrogen and oxygen atoms in total. The van der Waals surface area contributed by atoms with Crippen molar-refractivity contribution in [3.05, 3.63) is 0 Å². The van der Waals surface area contributed by atoms with Crippen molar-refractivity contribution in [2.24, 2.45) is 0 Å². The van der Waals surface area contributed by atoms with Gasteiger partial charge >= 0.3 is 0 Å². The van der Waals surface area contributed by atoms with E-state index in [-0.39, 0.29) is 0 Å². The van der Waals surface area contributed by atoms with Crippen LogP contribution in [0.3, 0.4) is 0 Å². The van der Waals surface area contributed by atoms with Crippen LogP contribution in [0.15, 0.2) is 0 Å². The molecule has 0 saturated carbocycles. The van der Waals surface area contributed by atoms with Gasteiger partial charge in [0.05, 0.1) is 6.61 Å². The Hall–Kier alpha value is -0.120. The predicted octanol–water partition coefficient (Wildman–Crippen LogP) is 0.0454. The normalized spacial score (nSPS) is 34.8. The van der Waals surface area contributed by atoms with E-state index in [1.807, 2.05) is 14.1 Å². The Balaban J connectivity index is 2.32. The molecule has 1 fully saturated rings. The minimum atomic E-state index is -0.541. The summed E-state index contributed by atoms with van der Waals surface area (Å²) in [5.41, 5.74) is 0. The fraction of sp³-hybridized carbons (Fsp3) is 1.00. The van der Waals surface area contributed by atoms with Gasteiger partial charge in [-0.05, 0) is 20.5 Å². The molecular formula is C7H15NO2. The molecular weight excluding hydrogens is 130 g/mol. The summed E-state index contributed by atoms with van der Waals surface area (Å²) >= 11 is 0. The summed E-state index contributed by atoms with van der Waals surface area (Å²) in [6.45, 7) is 0.685. The molecule has 1 aliphatic heterocycles. The molecule has 0 amide bonds. The first-order chi connectivity index (χ1) is 4.70. The van der Waals surface area contributed by atoms with Crippen LogP contribution in [0.5, 0.6) is 0 Å². The lowest BCUT2D eigenvalue weighted by molar-refractivity contribution is -0.140. The largest absolute Gasteiger partial charge is 0.368 e. The molecule has 3 heteroatoms. The van der Waals surface area contributed by atoms with Crippen molar-refractivity contribution in [3.63, 3.8) is 0 Å². The smallest absolute Gasteiger partial charge is 0.156 e. The topological polar surface area (TPSA) is 32.7 Å². The predicted molar refractivity (Wildman–Crippen MR) is 38.7 cm³/mol. The highest BCUT2D eigenvalue weighted by Crippen LogP contribution is 2.14. The molecule has 0 radical (unpaired) electrons. The van der Waals surface area contributed by atoms with E-state index in [1.165, 1.54) is 0 Å². The fourth-order valence-corrected chi connectivity index (χ4v) is 1.23. The number of ether oxygens (including phenoxy) is 1. The highest BCUT2D eigenvalue weighted by molar-refractivity contribution is 4.70. The summed E-state index contributed by atoms with van der Waals surface area (Å²) in [4.78, 5) is 2.13. The molecule has 60 valence electrons. The maximum Gasteiger partial charge on any atom is 0.156 e. The zero-order valence-corrected chi connectivity index (χ0v) is 6.58. The second-order valence-corrected chi connectivity index (χ2v) is 2.97. The van der Waals surface area contributed by atoms with E-state index in [1.54, 1.807) is 0 Å². The van der Waals surface area contributed by atoms with Crippen molar-refractivity contribution >= 4 is 0 Å². The maximum atomic E-state index is 9.08. The molecule has 0 aromatic carbocycles. The first kappa shape index (κ1) is 7.98. The van der Waals surface area contributed by atoms with Crippen molar-refractivity contribution in [1.82, 2.24) is 4.90 Å². The van der Waals surface area contributed by atoms with Crippen LogP contribution in [-0.4, -0.2) is 43.0 Å². The van der Waals surface area contributed by atoms with Crippen molar-refractivity contribution in [2.75, 3.05) is 20.7 Å². The SMILES string of the molecule is CN(C)[C@H]1CCO[C@@H](O)C1. The Kier molecular flexibility index (Phi) is 2.65. The van der Waals surface area contributed by atoms with E-state index in [4.69, 9.17) is 9.84 Å². The zero-order chi connectivity index (χ0) is 7.56. The van der Waals surface area contributed by atoms with Gasteiger partial charge in [-0.2, -0.15) is 0 Å². The summed E-state index contributed by atoms with van der Waals surface area (Å²) in [5.74, 6) is 0. The van der Waals surface area contributed by atoms with Gasteiger partial charge in [-0.25, -0.2) is 0 Å². The van der Waals surface area contributed by atoms with Crippen LogP contribution in [0.2, 0.25) is 0 Å². The summed E-state index contributed by atoms with van der Waals surface area (Å²) in [6, 6.07) is 0.490. The number of aliphatic hydroxyl groups is 1. The lowest BCUT2D eigenvalue weighted by atomic mass is 10.1. The van der Waals surface area contributed by atoms with E-state index in [2.05, 4.69) is 4.90 Å². The third-order valence-corrected chi connectivity index (χ3v) is 1.97. The molecule has 1 N–H and O–H groups in total. The maximum absolute atomic E-state index is 9.08. The Morgan fingerprint density at radius 3 is 2.60 bits per heavy atom. The molecule has 0 spiro atoms.